The Bertz CT molecular complexity index is 1510. The molecule has 0 bridgehead atoms. The van der Waals surface area contributed by atoms with Gasteiger partial charge in [0.25, 0.3) is 5.91 Å². The van der Waals surface area contributed by atoms with E-state index < -0.39 is 35.8 Å². The Labute approximate surface area is 238 Å². The van der Waals surface area contributed by atoms with Crippen molar-refractivity contribution in [1.82, 2.24) is 10.2 Å². The van der Waals surface area contributed by atoms with E-state index in [9.17, 15) is 18.8 Å². The van der Waals surface area contributed by atoms with Crippen molar-refractivity contribution >= 4 is 17.8 Å². The van der Waals surface area contributed by atoms with E-state index in [1.807, 2.05) is 79.7 Å². The van der Waals surface area contributed by atoms with E-state index in [-0.39, 0.29) is 18.3 Å². The highest BCUT2D eigenvalue weighted by molar-refractivity contribution is 6.00. The van der Waals surface area contributed by atoms with Gasteiger partial charge in [-0.2, -0.15) is 0 Å². The first-order valence-corrected chi connectivity index (χ1v) is 13.5. The summed E-state index contributed by atoms with van der Waals surface area (Å²) in [5.74, 6) is -3.23. The van der Waals surface area contributed by atoms with Crippen LogP contribution >= 0.6 is 0 Å². The molecular formula is C34H31FN2O4. The van der Waals surface area contributed by atoms with Gasteiger partial charge >= 0.3 is 5.97 Å². The van der Waals surface area contributed by atoms with Crippen LogP contribution in [0.15, 0.2) is 109 Å². The maximum Gasteiger partial charge on any atom is 0.311 e. The van der Waals surface area contributed by atoms with Crippen molar-refractivity contribution in [3.05, 3.63) is 143 Å². The van der Waals surface area contributed by atoms with Gasteiger partial charge in [-0.1, -0.05) is 90.5 Å². The van der Waals surface area contributed by atoms with Gasteiger partial charge in [-0.05, 0) is 47.9 Å². The van der Waals surface area contributed by atoms with E-state index in [1.54, 1.807) is 29.2 Å². The number of carbonyl (C=O) groups excluding carboxylic acids is 3. The number of hydrogen-bond donors (Lipinski definition) is 1. The number of benzene rings is 4. The summed E-state index contributed by atoms with van der Waals surface area (Å²) in [6.07, 6.45) is 0. The van der Waals surface area contributed by atoms with Crippen LogP contribution in [-0.2, 0) is 20.9 Å². The molecule has 6 nitrogen and oxygen atoms in total. The van der Waals surface area contributed by atoms with Crippen molar-refractivity contribution in [2.75, 3.05) is 7.11 Å². The summed E-state index contributed by atoms with van der Waals surface area (Å²) < 4.78 is 18.8. The van der Waals surface area contributed by atoms with Crippen LogP contribution in [0.1, 0.15) is 44.6 Å². The summed E-state index contributed by atoms with van der Waals surface area (Å²) in [7, 11) is 1.32. The Kier molecular flexibility index (Phi) is 8.24. The van der Waals surface area contributed by atoms with Gasteiger partial charge in [-0.25, -0.2) is 4.39 Å². The lowest BCUT2D eigenvalue weighted by atomic mass is 9.80. The molecule has 4 atom stereocenters. The predicted octanol–water partition coefficient (Wildman–Crippen LogP) is 5.59. The second-order valence-corrected chi connectivity index (χ2v) is 10.2. The maximum absolute atomic E-state index is 14.4. The van der Waals surface area contributed by atoms with Gasteiger partial charge in [-0.3, -0.25) is 14.4 Å². The topological polar surface area (TPSA) is 75.7 Å². The van der Waals surface area contributed by atoms with Crippen LogP contribution in [-0.4, -0.2) is 35.8 Å². The normalized spacial score (nSPS) is 19.9. The SMILES string of the molecule is COC(=O)C1C(c2ccccc2)C(C(=O)NCc2ccc(F)cc2)N(C(=O)c2ccc(C)cc2)C1c1ccccc1. The van der Waals surface area contributed by atoms with Gasteiger partial charge in [-0.15, -0.1) is 0 Å². The molecular weight excluding hydrogens is 519 g/mol. The Morgan fingerprint density at radius 2 is 1.39 bits per heavy atom. The molecule has 0 aromatic heterocycles. The number of ether oxygens (including phenoxy) is 1. The molecule has 0 radical (unpaired) electrons. The fourth-order valence-electron chi connectivity index (χ4n) is 5.69. The third kappa shape index (κ3) is 5.75. The van der Waals surface area contributed by atoms with Gasteiger partial charge in [0, 0.05) is 18.0 Å². The molecule has 1 aliphatic heterocycles. The number of aryl methyl sites for hydroxylation is 1. The molecule has 4 aromatic rings. The summed E-state index contributed by atoms with van der Waals surface area (Å²) >= 11 is 0. The number of amides is 2. The maximum atomic E-state index is 14.4. The summed E-state index contributed by atoms with van der Waals surface area (Å²) in [6, 6.07) is 29.7. The van der Waals surface area contributed by atoms with Crippen molar-refractivity contribution in [2.24, 2.45) is 5.92 Å². The van der Waals surface area contributed by atoms with Crippen molar-refractivity contribution < 1.29 is 23.5 Å². The van der Waals surface area contributed by atoms with Crippen molar-refractivity contribution in [2.45, 2.75) is 31.5 Å². The number of halogens is 1. The van der Waals surface area contributed by atoms with E-state index >= 15 is 0 Å². The summed E-state index contributed by atoms with van der Waals surface area (Å²) in [6.45, 7) is 2.06. The quantitative estimate of drug-likeness (QED) is 0.305. The monoisotopic (exact) mass is 550 g/mol. The van der Waals surface area contributed by atoms with Gasteiger partial charge in [0.2, 0.25) is 5.91 Å². The number of esters is 1. The van der Waals surface area contributed by atoms with Crippen molar-refractivity contribution in [3.63, 3.8) is 0 Å². The lowest BCUT2D eigenvalue weighted by Crippen LogP contribution is -2.48. The molecule has 4 unspecified atom stereocenters. The van der Waals surface area contributed by atoms with Gasteiger partial charge in [0.1, 0.15) is 11.9 Å². The Morgan fingerprint density at radius 3 is 1.98 bits per heavy atom. The summed E-state index contributed by atoms with van der Waals surface area (Å²) in [4.78, 5) is 43.6. The lowest BCUT2D eigenvalue weighted by Gasteiger charge is -2.31. The van der Waals surface area contributed by atoms with Crippen LogP contribution in [0.3, 0.4) is 0 Å². The number of likely N-dealkylation sites (tertiary alicyclic amines) is 1. The van der Waals surface area contributed by atoms with Crippen LogP contribution in [0, 0.1) is 18.7 Å². The highest BCUT2D eigenvalue weighted by Gasteiger charge is 2.58. The minimum absolute atomic E-state index is 0.128. The second kappa shape index (κ2) is 12.2. The zero-order valence-corrected chi connectivity index (χ0v) is 22.9. The molecule has 5 rings (SSSR count). The van der Waals surface area contributed by atoms with E-state index in [2.05, 4.69) is 5.32 Å². The number of hydrogen-bond acceptors (Lipinski definition) is 4. The standard InChI is InChI=1S/C34H31FN2O4/c1-22-13-17-26(18-14-22)33(39)37-30(25-11-7-4-8-12-25)29(34(40)41-2)28(24-9-5-3-6-10-24)31(37)32(38)36-21-23-15-19-27(35)20-16-23/h3-20,28-31H,21H2,1-2H3,(H,36,38). The van der Waals surface area contributed by atoms with E-state index in [1.165, 1.54) is 19.2 Å². The molecule has 1 aliphatic rings. The molecule has 2 amide bonds. The largest absolute Gasteiger partial charge is 0.469 e. The van der Waals surface area contributed by atoms with Gasteiger partial charge < -0.3 is 15.0 Å². The van der Waals surface area contributed by atoms with Gasteiger partial charge in [0.05, 0.1) is 19.1 Å². The fraction of sp³-hybridized carbons (Fsp3) is 0.206. The van der Waals surface area contributed by atoms with Crippen molar-refractivity contribution in [1.29, 1.82) is 0 Å². The number of nitrogens with zero attached hydrogens (tertiary/aromatic N) is 1. The smallest absolute Gasteiger partial charge is 0.311 e. The van der Waals surface area contributed by atoms with Crippen LogP contribution < -0.4 is 5.32 Å². The summed E-state index contributed by atoms with van der Waals surface area (Å²) in [5.41, 5.74) is 3.56. The number of nitrogens with one attached hydrogen (secondary N) is 1. The summed E-state index contributed by atoms with van der Waals surface area (Å²) in [5, 5.41) is 2.95. The Morgan fingerprint density at radius 1 is 0.805 bits per heavy atom. The van der Waals surface area contributed by atoms with Gasteiger partial charge in [0.15, 0.2) is 0 Å². The molecule has 0 saturated carbocycles. The van der Waals surface area contributed by atoms with Crippen LogP contribution in [0.25, 0.3) is 0 Å². The first kappa shape index (κ1) is 27.8. The van der Waals surface area contributed by atoms with E-state index in [0.717, 1.165) is 16.7 Å². The third-order valence-electron chi connectivity index (χ3n) is 7.65. The number of rotatable bonds is 7. The molecule has 1 fully saturated rings. The second-order valence-electron chi connectivity index (χ2n) is 10.2. The molecule has 208 valence electrons. The van der Waals surface area contributed by atoms with E-state index in [4.69, 9.17) is 4.74 Å². The van der Waals surface area contributed by atoms with Crippen molar-refractivity contribution in [3.8, 4) is 0 Å². The van der Waals surface area contributed by atoms with Crippen LogP contribution in [0.4, 0.5) is 4.39 Å². The average molecular weight is 551 g/mol. The minimum atomic E-state index is -1.04. The Hall–Kier alpha value is -4.78. The zero-order valence-electron chi connectivity index (χ0n) is 22.9. The zero-order chi connectivity index (χ0) is 28.9. The number of carbonyl (C=O) groups is 3. The van der Waals surface area contributed by atoms with Crippen LogP contribution in [0.5, 0.6) is 0 Å². The predicted molar refractivity (Wildman–Crippen MR) is 153 cm³/mol. The molecule has 41 heavy (non-hydrogen) atoms. The molecule has 1 saturated heterocycles. The highest BCUT2D eigenvalue weighted by Crippen LogP contribution is 2.51. The molecule has 7 heteroatoms. The highest BCUT2D eigenvalue weighted by atomic mass is 19.1. The average Bonchev–Trinajstić information content (AvgIpc) is 3.37. The lowest BCUT2D eigenvalue weighted by molar-refractivity contribution is -0.146. The molecule has 1 N–H and O–H groups in total. The Balaban J connectivity index is 1.66. The number of methoxy groups -OCH3 is 1. The molecule has 0 aliphatic carbocycles. The van der Waals surface area contributed by atoms with Crippen LogP contribution in [0.2, 0.25) is 0 Å². The molecule has 4 aromatic carbocycles. The minimum Gasteiger partial charge on any atom is -0.469 e. The molecule has 1 heterocycles. The van der Waals surface area contributed by atoms with E-state index in [0.29, 0.717) is 11.1 Å². The fourth-order valence-corrected chi connectivity index (χ4v) is 5.69. The first-order chi connectivity index (χ1) is 19.9. The third-order valence-corrected chi connectivity index (χ3v) is 7.65. The first-order valence-electron chi connectivity index (χ1n) is 13.5. The molecule has 0 spiro atoms.